The molecule has 126 valence electrons. The number of hydrogen-bond acceptors (Lipinski definition) is 4. The number of hydrogen-bond donors (Lipinski definition) is 0. The first-order valence-electron chi connectivity index (χ1n) is 8.70. The number of pyridine rings is 1. The number of piperidine rings is 1. The third-order valence-electron chi connectivity index (χ3n) is 4.80. The summed E-state index contributed by atoms with van der Waals surface area (Å²) in [6.45, 7) is 8.14. The highest BCUT2D eigenvalue weighted by molar-refractivity contribution is 5.39. The van der Waals surface area contributed by atoms with Gasteiger partial charge in [-0.25, -0.2) is 14.6 Å². The van der Waals surface area contributed by atoms with Gasteiger partial charge in [0.05, 0.1) is 5.69 Å². The summed E-state index contributed by atoms with van der Waals surface area (Å²) in [5.41, 5.74) is 2.17. The summed E-state index contributed by atoms with van der Waals surface area (Å²) in [5.74, 6) is 2.52. The molecule has 0 N–H and O–H groups in total. The van der Waals surface area contributed by atoms with E-state index in [1.54, 1.807) is 0 Å². The van der Waals surface area contributed by atoms with Crippen LogP contribution in [0.5, 0.6) is 0 Å². The maximum atomic E-state index is 4.73. The van der Waals surface area contributed by atoms with Gasteiger partial charge in [-0.05, 0) is 51.3 Å². The van der Waals surface area contributed by atoms with E-state index >= 15 is 0 Å². The molecular weight excluding hydrogens is 300 g/mol. The third kappa shape index (κ3) is 3.19. The molecule has 0 aromatic carbocycles. The van der Waals surface area contributed by atoms with Crippen molar-refractivity contribution in [3.8, 4) is 0 Å². The summed E-state index contributed by atoms with van der Waals surface area (Å²) in [7, 11) is 0. The van der Waals surface area contributed by atoms with Gasteiger partial charge in [0.2, 0.25) is 0 Å². The van der Waals surface area contributed by atoms with Gasteiger partial charge in [0.25, 0.3) is 0 Å². The lowest BCUT2D eigenvalue weighted by Gasteiger charge is -2.32. The molecule has 0 aliphatic carbocycles. The van der Waals surface area contributed by atoms with Gasteiger partial charge in [-0.3, -0.25) is 4.90 Å². The van der Waals surface area contributed by atoms with Crippen molar-refractivity contribution < 1.29 is 0 Å². The first-order chi connectivity index (χ1) is 11.7. The van der Waals surface area contributed by atoms with E-state index in [1.807, 2.05) is 26.0 Å². The highest BCUT2D eigenvalue weighted by atomic mass is 15.3. The second-order valence-corrected chi connectivity index (χ2v) is 6.83. The third-order valence-corrected chi connectivity index (χ3v) is 4.80. The summed E-state index contributed by atoms with van der Waals surface area (Å²) in [6, 6.07) is 6.13. The summed E-state index contributed by atoms with van der Waals surface area (Å²) < 4.78 is 4.16. The minimum Gasteiger partial charge on any atom is -0.307 e. The quantitative estimate of drug-likeness (QED) is 0.740. The van der Waals surface area contributed by atoms with Crippen molar-refractivity contribution in [1.82, 2.24) is 29.0 Å². The Morgan fingerprint density at radius 2 is 2.12 bits per heavy atom. The normalized spacial score (nSPS) is 19.2. The molecule has 1 aliphatic heterocycles. The molecule has 1 aliphatic rings. The lowest BCUT2D eigenvalue weighted by atomic mass is 9.98. The van der Waals surface area contributed by atoms with Crippen molar-refractivity contribution in [2.75, 3.05) is 13.1 Å². The molecule has 0 radical (unpaired) electrons. The van der Waals surface area contributed by atoms with Crippen molar-refractivity contribution in [2.24, 2.45) is 5.92 Å². The van der Waals surface area contributed by atoms with E-state index in [-0.39, 0.29) is 0 Å². The van der Waals surface area contributed by atoms with E-state index in [0.717, 1.165) is 49.2 Å². The van der Waals surface area contributed by atoms with E-state index in [2.05, 4.69) is 42.5 Å². The average Bonchev–Trinajstić information content (AvgIpc) is 3.10. The molecule has 3 aromatic heterocycles. The number of nitrogens with zero attached hydrogens (tertiary/aromatic N) is 6. The van der Waals surface area contributed by atoms with Gasteiger partial charge in [-0.2, -0.15) is 5.10 Å². The van der Waals surface area contributed by atoms with Crippen molar-refractivity contribution >= 4 is 5.65 Å². The molecule has 0 saturated carbocycles. The van der Waals surface area contributed by atoms with Gasteiger partial charge in [0.1, 0.15) is 17.3 Å². The number of imidazole rings is 1. The van der Waals surface area contributed by atoms with Crippen LogP contribution in [0.1, 0.15) is 30.2 Å². The first kappa shape index (κ1) is 15.3. The molecular formula is C18H24N6. The zero-order valence-corrected chi connectivity index (χ0v) is 14.4. The van der Waals surface area contributed by atoms with Gasteiger partial charge in [-0.1, -0.05) is 6.07 Å². The lowest BCUT2D eigenvalue weighted by molar-refractivity contribution is 0.151. The standard InChI is InChI=1S/C18H24N6/c1-14-19-15(2)24(21-14)11-16-6-5-8-22(10-16)12-17-13-23-9-4-3-7-18(23)20-17/h3-4,7,9,13,16H,5-6,8,10-12H2,1-2H3/t16-/m1/s1. The Labute approximate surface area is 142 Å². The summed E-state index contributed by atoms with van der Waals surface area (Å²) in [4.78, 5) is 11.7. The highest BCUT2D eigenvalue weighted by Crippen LogP contribution is 2.20. The predicted octanol–water partition coefficient (Wildman–Crippen LogP) is 2.45. The molecule has 6 heteroatoms. The Morgan fingerprint density at radius 3 is 2.92 bits per heavy atom. The molecule has 0 spiro atoms. The van der Waals surface area contributed by atoms with Gasteiger partial charge in [0, 0.05) is 32.0 Å². The first-order valence-corrected chi connectivity index (χ1v) is 8.70. The molecule has 3 aromatic rings. The Kier molecular flexibility index (Phi) is 4.06. The maximum Gasteiger partial charge on any atom is 0.147 e. The van der Waals surface area contributed by atoms with Crippen molar-refractivity contribution in [3.63, 3.8) is 0 Å². The Bertz CT molecular complexity index is 800. The largest absolute Gasteiger partial charge is 0.307 e. The Hall–Kier alpha value is -2.21. The van der Waals surface area contributed by atoms with Crippen LogP contribution in [0.3, 0.4) is 0 Å². The zero-order valence-electron chi connectivity index (χ0n) is 14.4. The molecule has 1 fully saturated rings. The minimum absolute atomic E-state index is 0.635. The van der Waals surface area contributed by atoms with Gasteiger partial charge in [-0.15, -0.1) is 0 Å². The fourth-order valence-electron chi connectivity index (χ4n) is 3.72. The summed E-state index contributed by atoms with van der Waals surface area (Å²) in [6.07, 6.45) is 6.70. The fraction of sp³-hybridized carbons (Fsp3) is 0.500. The van der Waals surface area contributed by atoms with Crippen molar-refractivity contribution in [1.29, 1.82) is 0 Å². The minimum atomic E-state index is 0.635. The van der Waals surface area contributed by atoms with E-state index in [1.165, 1.54) is 12.8 Å². The number of likely N-dealkylation sites (tertiary alicyclic amines) is 1. The highest BCUT2D eigenvalue weighted by Gasteiger charge is 2.22. The van der Waals surface area contributed by atoms with E-state index in [0.29, 0.717) is 5.92 Å². The van der Waals surface area contributed by atoms with Gasteiger partial charge >= 0.3 is 0 Å². The molecule has 4 heterocycles. The molecule has 0 bridgehead atoms. The monoisotopic (exact) mass is 324 g/mol. The summed E-state index contributed by atoms with van der Waals surface area (Å²) in [5, 5.41) is 4.51. The zero-order chi connectivity index (χ0) is 16.5. The Balaban J connectivity index is 1.42. The van der Waals surface area contributed by atoms with Crippen molar-refractivity contribution in [3.05, 3.63) is 47.9 Å². The predicted molar refractivity (Wildman–Crippen MR) is 92.7 cm³/mol. The molecule has 6 nitrogen and oxygen atoms in total. The van der Waals surface area contributed by atoms with Crippen LogP contribution in [0, 0.1) is 19.8 Å². The number of rotatable bonds is 4. The van der Waals surface area contributed by atoms with Crippen LogP contribution < -0.4 is 0 Å². The second-order valence-electron chi connectivity index (χ2n) is 6.83. The van der Waals surface area contributed by atoms with E-state index in [9.17, 15) is 0 Å². The van der Waals surface area contributed by atoms with Gasteiger partial charge in [0.15, 0.2) is 0 Å². The topological polar surface area (TPSA) is 51.2 Å². The van der Waals surface area contributed by atoms with Crippen LogP contribution >= 0.6 is 0 Å². The molecule has 4 rings (SSSR count). The van der Waals surface area contributed by atoms with E-state index in [4.69, 9.17) is 4.98 Å². The van der Waals surface area contributed by atoms with Crippen molar-refractivity contribution in [2.45, 2.75) is 39.8 Å². The second kappa shape index (κ2) is 6.36. The maximum absolute atomic E-state index is 4.73. The SMILES string of the molecule is Cc1nc(C)n(C[C@@H]2CCCN(Cc3cn4ccccc4n3)C2)n1. The molecule has 1 atom stereocenters. The smallest absolute Gasteiger partial charge is 0.147 e. The summed E-state index contributed by atoms with van der Waals surface area (Å²) >= 11 is 0. The number of fused-ring (bicyclic) bond motifs is 1. The van der Waals surface area contributed by atoms with Crippen LogP contribution in [-0.4, -0.2) is 42.1 Å². The van der Waals surface area contributed by atoms with E-state index < -0.39 is 0 Å². The lowest BCUT2D eigenvalue weighted by Crippen LogP contribution is -2.37. The van der Waals surface area contributed by atoms with Gasteiger partial charge < -0.3 is 4.40 Å². The molecule has 0 amide bonds. The van der Waals surface area contributed by atoms with Crippen LogP contribution in [-0.2, 0) is 13.1 Å². The number of aromatic nitrogens is 5. The fourth-order valence-corrected chi connectivity index (χ4v) is 3.72. The molecule has 24 heavy (non-hydrogen) atoms. The van der Waals surface area contributed by atoms with Crippen LogP contribution in [0.15, 0.2) is 30.6 Å². The van der Waals surface area contributed by atoms with Crippen LogP contribution in [0.25, 0.3) is 5.65 Å². The molecule has 0 unspecified atom stereocenters. The van der Waals surface area contributed by atoms with Crippen LogP contribution in [0.2, 0.25) is 0 Å². The molecule has 1 saturated heterocycles. The number of aryl methyl sites for hydroxylation is 2. The average molecular weight is 324 g/mol. The van der Waals surface area contributed by atoms with Crippen LogP contribution in [0.4, 0.5) is 0 Å². The Morgan fingerprint density at radius 1 is 1.21 bits per heavy atom.